The highest BCUT2D eigenvalue weighted by Crippen LogP contribution is 2.10. The molecule has 3 nitrogen and oxygen atoms in total. The molecular weight excluding hydrogens is 243 g/mol. The molecule has 0 aliphatic rings. The van der Waals surface area contributed by atoms with Crippen LogP contribution in [0.4, 0.5) is 4.39 Å². The summed E-state index contributed by atoms with van der Waals surface area (Å²) in [7, 11) is 0. The van der Waals surface area contributed by atoms with Gasteiger partial charge in [-0.1, -0.05) is 6.07 Å². The van der Waals surface area contributed by atoms with Gasteiger partial charge in [0, 0.05) is 18.5 Å². The molecule has 0 aliphatic heterocycles. The predicted molar refractivity (Wildman–Crippen MR) is 75.4 cm³/mol. The standard InChI is InChI=1S/C15H23FN2O/c1-11-10-13(16)5-4-12(11)7-9-18-14(19)6-8-15(2,3)17/h4-5,10H,6-9,17H2,1-3H3,(H,18,19). The van der Waals surface area contributed by atoms with Crippen molar-refractivity contribution in [3.63, 3.8) is 0 Å². The molecule has 1 rings (SSSR count). The first-order chi connectivity index (χ1) is 8.78. The van der Waals surface area contributed by atoms with Gasteiger partial charge in [-0.15, -0.1) is 0 Å². The fourth-order valence-corrected chi connectivity index (χ4v) is 1.80. The monoisotopic (exact) mass is 266 g/mol. The number of nitrogens with one attached hydrogen (secondary N) is 1. The fourth-order valence-electron chi connectivity index (χ4n) is 1.80. The Morgan fingerprint density at radius 3 is 2.68 bits per heavy atom. The number of hydrogen-bond acceptors (Lipinski definition) is 2. The van der Waals surface area contributed by atoms with Crippen LogP contribution in [0, 0.1) is 12.7 Å². The molecular formula is C15H23FN2O. The molecule has 0 heterocycles. The van der Waals surface area contributed by atoms with Gasteiger partial charge in [0.15, 0.2) is 0 Å². The van der Waals surface area contributed by atoms with Crippen molar-refractivity contribution in [3.05, 3.63) is 35.1 Å². The zero-order valence-electron chi connectivity index (χ0n) is 11.9. The van der Waals surface area contributed by atoms with Crippen molar-refractivity contribution in [1.82, 2.24) is 5.32 Å². The zero-order valence-corrected chi connectivity index (χ0v) is 11.9. The van der Waals surface area contributed by atoms with E-state index in [1.807, 2.05) is 20.8 Å². The highest BCUT2D eigenvalue weighted by Gasteiger charge is 2.12. The molecule has 0 aromatic heterocycles. The number of carbonyl (C=O) groups excluding carboxylic acids is 1. The summed E-state index contributed by atoms with van der Waals surface area (Å²) in [5.74, 6) is -0.214. The van der Waals surface area contributed by atoms with Crippen molar-refractivity contribution in [2.75, 3.05) is 6.54 Å². The average molecular weight is 266 g/mol. The minimum absolute atomic E-state index is 0.0123. The lowest BCUT2D eigenvalue weighted by Gasteiger charge is -2.17. The SMILES string of the molecule is Cc1cc(F)ccc1CCNC(=O)CCC(C)(C)N. The summed E-state index contributed by atoms with van der Waals surface area (Å²) in [6.07, 6.45) is 1.81. The summed E-state index contributed by atoms with van der Waals surface area (Å²) in [6.45, 7) is 6.25. The first-order valence-corrected chi connectivity index (χ1v) is 6.58. The quantitative estimate of drug-likeness (QED) is 0.830. The summed E-state index contributed by atoms with van der Waals surface area (Å²) in [6, 6.07) is 4.72. The van der Waals surface area contributed by atoms with Crippen molar-refractivity contribution >= 4 is 5.91 Å². The van der Waals surface area contributed by atoms with Crippen LogP contribution in [-0.4, -0.2) is 18.0 Å². The summed E-state index contributed by atoms with van der Waals surface area (Å²) in [5.41, 5.74) is 7.48. The Morgan fingerprint density at radius 2 is 2.11 bits per heavy atom. The lowest BCUT2D eigenvalue weighted by Crippen LogP contribution is -2.34. The Kier molecular flexibility index (Phi) is 5.48. The van der Waals surface area contributed by atoms with Crippen LogP contribution in [-0.2, 0) is 11.2 Å². The predicted octanol–water partition coefficient (Wildman–Crippen LogP) is 2.31. The van der Waals surface area contributed by atoms with Crippen molar-refractivity contribution < 1.29 is 9.18 Å². The zero-order chi connectivity index (χ0) is 14.5. The van der Waals surface area contributed by atoms with Crippen molar-refractivity contribution in [3.8, 4) is 0 Å². The normalized spacial score (nSPS) is 11.4. The maximum atomic E-state index is 12.9. The van der Waals surface area contributed by atoms with Crippen LogP contribution in [0.15, 0.2) is 18.2 Å². The number of nitrogens with two attached hydrogens (primary N) is 1. The number of rotatable bonds is 6. The molecule has 0 unspecified atom stereocenters. The third-order valence-electron chi connectivity index (χ3n) is 3.02. The van der Waals surface area contributed by atoms with E-state index in [2.05, 4.69) is 5.32 Å². The van der Waals surface area contributed by atoms with Crippen molar-refractivity contribution in [2.24, 2.45) is 5.73 Å². The van der Waals surface area contributed by atoms with Crippen LogP contribution in [0.25, 0.3) is 0 Å². The van der Waals surface area contributed by atoms with E-state index in [0.717, 1.165) is 11.1 Å². The van der Waals surface area contributed by atoms with Gasteiger partial charge >= 0.3 is 0 Å². The van der Waals surface area contributed by atoms with Gasteiger partial charge in [-0.2, -0.15) is 0 Å². The topological polar surface area (TPSA) is 55.1 Å². The molecule has 0 aliphatic carbocycles. The Hall–Kier alpha value is -1.42. The van der Waals surface area contributed by atoms with E-state index < -0.39 is 0 Å². The Morgan fingerprint density at radius 1 is 1.42 bits per heavy atom. The number of amides is 1. The minimum Gasteiger partial charge on any atom is -0.356 e. The molecule has 1 aromatic carbocycles. The van der Waals surface area contributed by atoms with Gasteiger partial charge in [0.05, 0.1) is 0 Å². The molecule has 0 atom stereocenters. The lowest BCUT2D eigenvalue weighted by atomic mass is 10.00. The highest BCUT2D eigenvalue weighted by molar-refractivity contribution is 5.75. The van der Waals surface area contributed by atoms with E-state index >= 15 is 0 Å². The van der Waals surface area contributed by atoms with Gasteiger partial charge in [0.25, 0.3) is 0 Å². The molecule has 0 spiro atoms. The summed E-state index contributed by atoms with van der Waals surface area (Å²) >= 11 is 0. The maximum absolute atomic E-state index is 12.9. The molecule has 1 aromatic rings. The molecule has 106 valence electrons. The summed E-state index contributed by atoms with van der Waals surface area (Å²) in [4.78, 5) is 11.6. The smallest absolute Gasteiger partial charge is 0.220 e. The van der Waals surface area contributed by atoms with E-state index in [0.29, 0.717) is 25.8 Å². The number of hydrogen-bond donors (Lipinski definition) is 2. The minimum atomic E-state index is -0.315. The largest absolute Gasteiger partial charge is 0.356 e. The molecule has 19 heavy (non-hydrogen) atoms. The van der Waals surface area contributed by atoms with E-state index in [9.17, 15) is 9.18 Å². The third kappa shape index (κ3) is 6.34. The molecule has 0 saturated heterocycles. The number of benzene rings is 1. The number of aryl methyl sites for hydroxylation is 1. The number of carbonyl (C=O) groups is 1. The summed E-state index contributed by atoms with van der Waals surface area (Å²) in [5, 5.41) is 2.86. The Bertz CT molecular complexity index is 438. The van der Waals surface area contributed by atoms with Crippen molar-refractivity contribution in [1.29, 1.82) is 0 Å². The lowest BCUT2D eigenvalue weighted by molar-refractivity contribution is -0.121. The van der Waals surface area contributed by atoms with Crippen molar-refractivity contribution in [2.45, 2.75) is 45.6 Å². The second-order valence-corrected chi connectivity index (χ2v) is 5.66. The second-order valence-electron chi connectivity index (χ2n) is 5.66. The first kappa shape index (κ1) is 15.6. The van der Waals surface area contributed by atoms with Crippen LogP contribution >= 0.6 is 0 Å². The second kappa shape index (κ2) is 6.66. The average Bonchev–Trinajstić information content (AvgIpc) is 2.28. The van der Waals surface area contributed by atoms with E-state index in [1.54, 1.807) is 6.07 Å². The van der Waals surface area contributed by atoms with Gasteiger partial charge in [-0.3, -0.25) is 4.79 Å². The van der Waals surface area contributed by atoms with E-state index in [4.69, 9.17) is 5.73 Å². The van der Waals surface area contributed by atoms with E-state index in [-0.39, 0.29) is 17.3 Å². The van der Waals surface area contributed by atoms with Crippen LogP contribution in [0.5, 0.6) is 0 Å². The van der Waals surface area contributed by atoms with E-state index in [1.165, 1.54) is 12.1 Å². The first-order valence-electron chi connectivity index (χ1n) is 6.58. The number of halogens is 1. The van der Waals surface area contributed by atoms with Gasteiger partial charge < -0.3 is 11.1 Å². The Labute approximate surface area is 114 Å². The highest BCUT2D eigenvalue weighted by atomic mass is 19.1. The fraction of sp³-hybridized carbons (Fsp3) is 0.533. The maximum Gasteiger partial charge on any atom is 0.220 e. The molecule has 4 heteroatoms. The van der Waals surface area contributed by atoms with Crippen LogP contribution in [0.1, 0.15) is 37.8 Å². The molecule has 0 radical (unpaired) electrons. The van der Waals surface area contributed by atoms with Crippen LogP contribution in [0.2, 0.25) is 0 Å². The van der Waals surface area contributed by atoms with Gasteiger partial charge in [0.1, 0.15) is 5.82 Å². The molecule has 3 N–H and O–H groups in total. The van der Waals surface area contributed by atoms with Gasteiger partial charge in [0.2, 0.25) is 5.91 Å². The third-order valence-corrected chi connectivity index (χ3v) is 3.02. The van der Waals surface area contributed by atoms with Crippen LogP contribution in [0.3, 0.4) is 0 Å². The molecule has 1 amide bonds. The Balaban J connectivity index is 2.32. The molecule has 0 bridgehead atoms. The van der Waals surface area contributed by atoms with Gasteiger partial charge in [-0.05, 0) is 56.9 Å². The van der Waals surface area contributed by atoms with Gasteiger partial charge in [-0.25, -0.2) is 4.39 Å². The summed E-state index contributed by atoms with van der Waals surface area (Å²) < 4.78 is 12.9. The molecule has 0 fully saturated rings. The van der Waals surface area contributed by atoms with Crippen LogP contribution < -0.4 is 11.1 Å². The molecule has 0 saturated carbocycles.